The van der Waals surface area contributed by atoms with Gasteiger partial charge in [-0.25, -0.2) is 9.37 Å². The van der Waals surface area contributed by atoms with Crippen molar-refractivity contribution in [2.45, 2.75) is 19.8 Å². The van der Waals surface area contributed by atoms with Gasteiger partial charge in [0.1, 0.15) is 12.4 Å². The highest BCUT2D eigenvalue weighted by atomic mass is 19.1. The first-order chi connectivity index (χ1) is 15.7. The van der Waals surface area contributed by atoms with Crippen molar-refractivity contribution in [2.75, 3.05) is 31.3 Å². The van der Waals surface area contributed by atoms with Gasteiger partial charge in [0.2, 0.25) is 0 Å². The lowest BCUT2D eigenvalue weighted by Crippen LogP contribution is -2.55. The molecule has 32 heavy (non-hydrogen) atoms. The van der Waals surface area contributed by atoms with Crippen LogP contribution >= 0.6 is 0 Å². The number of halogens is 1. The molecule has 3 aliphatic rings. The summed E-state index contributed by atoms with van der Waals surface area (Å²) in [4.78, 5) is 9.15. The smallest absolute Gasteiger partial charge is 0.185 e. The Hall–Kier alpha value is -3.61. The van der Waals surface area contributed by atoms with Gasteiger partial charge >= 0.3 is 0 Å². The van der Waals surface area contributed by atoms with Crippen LogP contribution < -0.4 is 5.01 Å². The van der Waals surface area contributed by atoms with Crippen LogP contribution in [0, 0.1) is 12.7 Å². The average molecular weight is 429 g/mol. The minimum atomic E-state index is -0.227. The number of rotatable bonds is 3. The molecule has 1 saturated heterocycles. The molecule has 2 aliphatic heterocycles. The Balaban J connectivity index is 1.33. The molecule has 1 aliphatic carbocycles. The number of aromatic nitrogens is 2. The molecule has 0 amide bonds. The van der Waals surface area contributed by atoms with E-state index in [4.69, 9.17) is 9.73 Å². The minimum Gasteiger partial charge on any atom is -0.488 e. The highest BCUT2D eigenvalue weighted by Crippen LogP contribution is 2.34. The summed E-state index contributed by atoms with van der Waals surface area (Å²) in [6.45, 7) is 4.73. The Morgan fingerprint density at radius 1 is 1.00 bits per heavy atom. The van der Waals surface area contributed by atoms with Crippen LogP contribution in [-0.2, 0) is 17.6 Å². The first-order valence-corrected chi connectivity index (χ1v) is 11.0. The van der Waals surface area contributed by atoms with Gasteiger partial charge in [-0.15, -0.1) is 0 Å². The van der Waals surface area contributed by atoms with Crippen molar-refractivity contribution in [3.8, 4) is 5.69 Å². The Labute approximate surface area is 186 Å². The quantitative estimate of drug-likeness (QED) is 0.633. The largest absolute Gasteiger partial charge is 0.488 e. The molecule has 162 valence electrons. The van der Waals surface area contributed by atoms with Gasteiger partial charge in [0, 0.05) is 11.9 Å². The van der Waals surface area contributed by atoms with Crippen molar-refractivity contribution < 1.29 is 9.13 Å². The van der Waals surface area contributed by atoms with Crippen LogP contribution in [0.1, 0.15) is 22.4 Å². The number of imidazole rings is 1. The summed E-state index contributed by atoms with van der Waals surface area (Å²) in [5.41, 5.74) is 7.12. The maximum absolute atomic E-state index is 13.4. The monoisotopic (exact) mass is 429 g/mol. The van der Waals surface area contributed by atoms with Crippen LogP contribution in [0.15, 0.2) is 59.7 Å². The molecule has 0 saturated carbocycles. The van der Waals surface area contributed by atoms with E-state index >= 15 is 0 Å². The minimum absolute atomic E-state index is 0.227. The van der Waals surface area contributed by atoms with Gasteiger partial charge in [0.15, 0.2) is 11.6 Å². The number of ether oxygens (including phenoxy) is 1. The van der Waals surface area contributed by atoms with Gasteiger partial charge in [-0.05, 0) is 72.9 Å². The Morgan fingerprint density at radius 2 is 1.84 bits per heavy atom. The van der Waals surface area contributed by atoms with Crippen LogP contribution in [0.25, 0.3) is 11.8 Å². The topological polar surface area (TPSA) is 45.9 Å². The summed E-state index contributed by atoms with van der Waals surface area (Å²) in [5, 5.41) is 4.32. The van der Waals surface area contributed by atoms with E-state index in [1.807, 2.05) is 25.4 Å². The van der Waals surface area contributed by atoms with Crippen molar-refractivity contribution >= 4 is 17.6 Å². The van der Waals surface area contributed by atoms with Crippen molar-refractivity contribution in [3.63, 3.8) is 0 Å². The lowest BCUT2D eigenvalue weighted by molar-refractivity contribution is 0.160. The van der Waals surface area contributed by atoms with Gasteiger partial charge in [0.05, 0.1) is 37.3 Å². The zero-order valence-electron chi connectivity index (χ0n) is 18.0. The highest BCUT2D eigenvalue weighted by molar-refractivity contribution is 6.02. The van der Waals surface area contributed by atoms with E-state index in [0.29, 0.717) is 19.7 Å². The van der Waals surface area contributed by atoms with Gasteiger partial charge in [-0.1, -0.05) is 6.07 Å². The van der Waals surface area contributed by atoms with Gasteiger partial charge in [-0.3, -0.25) is 15.0 Å². The third kappa shape index (κ3) is 3.16. The van der Waals surface area contributed by atoms with Crippen molar-refractivity contribution in [3.05, 3.63) is 82.9 Å². The number of benzene rings is 2. The lowest BCUT2D eigenvalue weighted by atomic mass is 9.83. The Kier molecular flexibility index (Phi) is 4.48. The van der Waals surface area contributed by atoms with Crippen LogP contribution in [0.4, 0.5) is 10.1 Å². The summed E-state index contributed by atoms with van der Waals surface area (Å²) in [5.74, 6) is 1.41. The normalized spacial score (nSPS) is 18.6. The average Bonchev–Trinajstić information content (AvgIpc) is 3.21. The molecule has 6 nitrogen and oxygen atoms in total. The number of fused-ring (bicyclic) bond motifs is 2. The number of nitrogens with zero attached hydrogens (tertiary/aromatic N) is 5. The maximum Gasteiger partial charge on any atom is 0.185 e. The summed E-state index contributed by atoms with van der Waals surface area (Å²) < 4.78 is 21.6. The van der Waals surface area contributed by atoms with Crippen molar-refractivity contribution in [1.29, 1.82) is 0 Å². The third-order valence-corrected chi connectivity index (χ3v) is 6.36. The van der Waals surface area contributed by atoms with Gasteiger partial charge < -0.3 is 9.30 Å². The zero-order chi connectivity index (χ0) is 21.7. The maximum atomic E-state index is 13.4. The molecule has 0 N–H and O–H groups in total. The molecular weight excluding hydrogens is 405 g/mol. The van der Waals surface area contributed by atoms with Crippen LogP contribution in [-0.4, -0.2) is 46.6 Å². The van der Waals surface area contributed by atoms with Crippen LogP contribution in [0.5, 0.6) is 0 Å². The molecule has 0 spiro atoms. The standard InChI is InChI=1S/C25H24FN5O/c1-17-15-29(16-28-17)23-9-2-18(21-7-8-22(21)23)14-24-25-27-10-11-30(31(25)12-13-32-24)20-5-3-19(26)4-6-20/h2-6,9,14-16H,7-8,10-13H2,1H3/b24-14-. The fraction of sp³-hybridized carbons (Fsp3) is 0.280. The summed E-state index contributed by atoms with van der Waals surface area (Å²) in [7, 11) is 0. The third-order valence-electron chi connectivity index (χ3n) is 6.36. The molecule has 0 atom stereocenters. The van der Waals surface area contributed by atoms with Crippen LogP contribution in [0.2, 0.25) is 0 Å². The van der Waals surface area contributed by atoms with E-state index in [0.717, 1.165) is 42.4 Å². The molecular formula is C25H24FN5O. The van der Waals surface area contributed by atoms with Crippen molar-refractivity contribution in [2.24, 2.45) is 4.99 Å². The summed E-state index contributed by atoms with van der Waals surface area (Å²) >= 11 is 0. The number of anilines is 1. The molecule has 7 heteroatoms. The summed E-state index contributed by atoms with van der Waals surface area (Å²) in [6.07, 6.45) is 8.21. The molecule has 1 aromatic heterocycles. The molecule has 3 aromatic rings. The zero-order valence-corrected chi connectivity index (χ0v) is 18.0. The number of aliphatic imine (C=N–C) groups is 1. The molecule has 0 unspecified atom stereocenters. The first-order valence-electron chi connectivity index (χ1n) is 11.0. The van der Waals surface area contributed by atoms with E-state index in [-0.39, 0.29) is 5.82 Å². The molecule has 3 heterocycles. The Bertz CT molecular complexity index is 1240. The second-order valence-corrected chi connectivity index (χ2v) is 8.34. The summed E-state index contributed by atoms with van der Waals surface area (Å²) in [6, 6.07) is 11.0. The molecule has 2 aromatic carbocycles. The number of aryl methyl sites for hydroxylation is 1. The Morgan fingerprint density at radius 3 is 2.59 bits per heavy atom. The predicted molar refractivity (Wildman–Crippen MR) is 122 cm³/mol. The highest BCUT2D eigenvalue weighted by Gasteiger charge is 2.31. The van der Waals surface area contributed by atoms with E-state index < -0.39 is 0 Å². The number of amidine groups is 1. The second-order valence-electron chi connectivity index (χ2n) is 8.34. The molecule has 0 radical (unpaired) electrons. The number of hydrogen-bond donors (Lipinski definition) is 0. The van der Waals surface area contributed by atoms with E-state index in [1.165, 1.54) is 34.5 Å². The van der Waals surface area contributed by atoms with E-state index in [1.54, 1.807) is 0 Å². The fourth-order valence-electron chi connectivity index (χ4n) is 4.71. The molecule has 1 fully saturated rings. The first kappa shape index (κ1) is 19.1. The molecule has 0 bridgehead atoms. The van der Waals surface area contributed by atoms with E-state index in [9.17, 15) is 4.39 Å². The van der Waals surface area contributed by atoms with E-state index in [2.05, 4.69) is 44.0 Å². The lowest BCUT2D eigenvalue weighted by Gasteiger charge is -2.43. The predicted octanol–water partition coefficient (Wildman–Crippen LogP) is 3.93. The van der Waals surface area contributed by atoms with Crippen molar-refractivity contribution in [1.82, 2.24) is 14.6 Å². The van der Waals surface area contributed by atoms with Crippen LogP contribution in [0.3, 0.4) is 0 Å². The number of hydrazine groups is 1. The number of morpholine rings is 1. The fourth-order valence-corrected chi connectivity index (χ4v) is 4.71. The number of hydrogen-bond acceptors (Lipinski definition) is 5. The second kappa shape index (κ2) is 7.51. The van der Waals surface area contributed by atoms with Gasteiger partial charge in [-0.2, -0.15) is 0 Å². The molecule has 6 rings (SSSR count). The van der Waals surface area contributed by atoms with Gasteiger partial charge in [0.25, 0.3) is 0 Å². The SMILES string of the molecule is Cc1cn(-c2ccc(/C=C3\OCCN4C3=NCCN4c3ccc(F)cc3)c3c2CC3)cn1.